The summed E-state index contributed by atoms with van der Waals surface area (Å²) in [6.45, 7) is 4.06. The van der Waals surface area contributed by atoms with Crippen LogP contribution in [0.2, 0.25) is 0 Å². The molecule has 6 rings (SSSR count). The fourth-order valence-corrected chi connectivity index (χ4v) is 3.35. The molecule has 0 aliphatic heterocycles. The van der Waals surface area contributed by atoms with Gasteiger partial charge in [-0.3, -0.25) is 0 Å². The van der Waals surface area contributed by atoms with E-state index in [9.17, 15) is 0 Å². The van der Waals surface area contributed by atoms with Crippen LogP contribution in [-0.2, 0) is 16.8 Å². The molecule has 11 heteroatoms. The van der Waals surface area contributed by atoms with Gasteiger partial charge in [0.25, 0.3) is 0 Å². The third-order valence-corrected chi connectivity index (χ3v) is 4.84. The quantitative estimate of drug-likeness (QED) is 0.361. The number of pyridine rings is 2. The third-order valence-electron chi connectivity index (χ3n) is 4.84. The molecule has 0 spiro atoms. The van der Waals surface area contributed by atoms with Gasteiger partial charge in [-0.25, -0.2) is 28.7 Å². The van der Waals surface area contributed by atoms with Gasteiger partial charge >= 0.3 is 16.8 Å². The maximum absolute atomic E-state index is 4.52. The normalized spacial score (nSPS) is 10.3. The Morgan fingerprint density at radius 1 is 0.457 bits per heavy atom. The third kappa shape index (κ3) is 5.59. The molecule has 0 amide bonds. The van der Waals surface area contributed by atoms with Crippen LogP contribution in [0.4, 0.5) is 0 Å². The molecule has 0 radical (unpaired) electrons. The number of nitrogens with zero attached hydrogens (tertiary/aromatic N) is 10. The zero-order valence-corrected chi connectivity index (χ0v) is 20.1. The second-order valence-electron chi connectivity index (χ2n) is 7.52. The number of hydrogen-bond acceptors (Lipinski definition) is 6. The molecule has 0 aromatic carbocycles. The van der Waals surface area contributed by atoms with E-state index in [1.165, 1.54) is 0 Å². The van der Waals surface area contributed by atoms with Crippen LogP contribution in [0.1, 0.15) is 11.1 Å². The van der Waals surface area contributed by atoms with E-state index in [0.29, 0.717) is 0 Å². The molecule has 6 heterocycles. The van der Waals surface area contributed by atoms with Crippen molar-refractivity contribution in [3.05, 3.63) is 109 Å². The van der Waals surface area contributed by atoms with E-state index in [2.05, 4.69) is 30.4 Å². The van der Waals surface area contributed by atoms with Crippen molar-refractivity contribution in [3.8, 4) is 23.3 Å². The first kappa shape index (κ1) is 23.8. The average Bonchev–Trinajstić information content (AvgIpc) is 3.68. The molecule has 0 aliphatic carbocycles. The molecule has 0 bridgehead atoms. The summed E-state index contributed by atoms with van der Waals surface area (Å²) in [6.07, 6.45) is 14.4. The first-order valence-electron chi connectivity index (χ1n) is 10.6. The van der Waals surface area contributed by atoms with E-state index in [1.54, 1.807) is 43.5 Å². The molecule has 0 unspecified atom stereocenters. The summed E-state index contributed by atoms with van der Waals surface area (Å²) in [4.78, 5) is 9.04. The fourth-order valence-electron chi connectivity index (χ4n) is 3.35. The zero-order valence-electron chi connectivity index (χ0n) is 19.0. The molecular weight excluding hydrogens is 487 g/mol. The Balaban J connectivity index is 0.000000160. The van der Waals surface area contributed by atoms with Crippen LogP contribution in [0, 0.1) is 13.8 Å². The first-order valence-corrected chi connectivity index (χ1v) is 10.6. The monoisotopic (exact) mass is 509 g/mol. The Morgan fingerprint density at radius 2 is 0.714 bits per heavy atom. The predicted molar refractivity (Wildman–Crippen MR) is 126 cm³/mol. The number of aromatic nitrogens is 10. The smallest absolute Gasteiger partial charge is 0.223 e. The van der Waals surface area contributed by atoms with Crippen molar-refractivity contribution >= 4 is 0 Å². The predicted octanol–water partition coefficient (Wildman–Crippen LogP) is 3.52. The SMILES string of the molecule is Cc1cc(-n2cccn2)nc(-n2cccn2)c1.Cc1cc(-n2cccn2)nc(-n2cccn2)c1.[Co+3]. The van der Waals surface area contributed by atoms with Crippen molar-refractivity contribution < 1.29 is 16.8 Å². The van der Waals surface area contributed by atoms with Crippen LogP contribution >= 0.6 is 0 Å². The van der Waals surface area contributed by atoms with E-state index in [4.69, 9.17) is 0 Å². The van der Waals surface area contributed by atoms with Gasteiger partial charge in [-0.2, -0.15) is 20.4 Å². The Morgan fingerprint density at radius 3 is 0.914 bits per heavy atom. The van der Waals surface area contributed by atoms with Crippen LogP contribution in [0.5, 0.6) is 0 Å². The van der Waals surface area contributed by atoms with Crippen LogP contribution < -0.4 is 0 Å². The number of hydrogen-bond donors (Lipinski definition) is 0. The first-order chi connectivity index (χ1) is 16.7. The molecular formula is C24H22CoN10+3. The Kier molecular flexibility index (Phi) is 7.29. The van der Waals surface area contributed by atoms with E-state index in [0.717, 1.165) is 34.4 Å². The van der Waals surface area contributed by atoms with Crippen LogP contribution in [-0.4, -0.2) is 49.1 Å². The molecule has 0 N–H and O–H groups in total. The van der Waals surface area contributed by atoms with Gasteiger partial charge in [0.15, 0.2) is 23.3 Å². The topological polar surface area (TPSA) is 97.1 Å². The van der Waals surface area contributed by atoms with Gasteiger partial charge in [0.1, 0.15) is 0 Å². The molecule has 0 fully saturated rings. The van der Waals surface area contributed by atoms with Gasteiger partial charge in [-0.15, -0.1) is 0 Å². The standard InChI is InChI=1S/2C12H11N5.Co/c2*1-10-8-11(16-6-2-4-13-16)15-12(9-10)17-7-3-5-14-17;/h2*2-9H,1H3;/q;;+3. The van der Waals surface area contributed by atoms with Crippen molar-refractivity contribution in [2.45, 2.75) is 13.8 Å². The van der Waals surface area contributed by atoms with Crippen LogP contribution in [0.15, 0.2) is 98.1 Å². The second kappa shape index (κ2) is 10.7. The summed E-state index contributed by atoms with van der Waals surface area (Å²) in [5.74, 6) is 3.17. The fraction of sp³-hybridized carbons (Fsp3) is 0.0833. The van der Waals surface area contributed by atoms with E-state index in [-0.39, 0.29) is 16.8 Å². The van der Waals surface area contributed by atoms with Gasteiger partial charge in [0.2, 0.25) is 0 Å². The summed E-state index contributed by atoms with van der Waals surface area (Å²) in [6, 6.07) is 15.4. The van der Waals surface area contributed by atoms with E-state index < -0.39 is 0 Å². The minimum Gasteiger partial charge on any atom is -0.223 e. The zero-order chi connectivity index (χ0) is 23.3. The van der Waals surface area contributed by atoms with Crippen molar-refractivity contribution in [2.75, 3.05) is 0 Å². The summed E-state index contributed by atoms with van der Waals surface area (Å²) in [7, 11) is 0. The maximum Gasteiger partial charge on any atom is 3.00 e. The molecule has 6 aromatic heterocycles. The van der Waals surface area contributed by atoms with Gasteiger partial charge in [-0.1, -0.05) is 0 Å². The second-order valence-corrected chi connectivity index (χ2v) is 7.52. The molecule has 0 saturated heterocycles. The Bertz CT molecular complexity index is 1240. The summed E-state index contributed by atoms with van der Waals surface area (Å²) >= 11 is 0. The van der Waals surface area contributed by atoms with Crippen LogP contribution in [0.3, 0.4) is 0 Å². The minimum atomic E-state index is 0. The van der Waals surface area contributed by atoms with Gasteiger partial charge < -0.3 is 0 Å². The molecule has 0 saturated carbocycles. The summed E-state index contributed by atoms with van der Waals surface area (Å²) in [5, 5.41) is 16.7. The Labute approximate surface area is 212 Å². The number of aryl methyl sites for hydroxylation is 2. The largest absolute Gasteiger partial charge is 3.00 e. The molecule has 0 aliphatic rings. The summed E-state index contributed by atoms with van der Waals surface area (Å²) in [5.41, 5.74) is 2.24. The maximum atomic E-state index is 4.52. The average molecular weight is 509 g/mol. The van der Waals surface area contributed by atoms with Gasteiger partial charge in [0.05, 0.1) is 0 Å². The molecule has 6 aromatic rings. The minimum absolute atomic E-state index is 0. The summed E-state index contributed by atoms with van der Waals surface area (Å²) < 4.78 is 6.94. The van der Waals surface area contributed by atoms with Gasteiger partial charge in [-0.05, 0) is 73.5 Å². The Hall–Kier alpha value is -4.35. The van der Waals surface area contributed by atoms with Crippen LogP contribution in [0.25, 0.3) is 23.3 Å². The van der Waals surface area contributed by atoms with E-state index >= 15 is 0 Å². The van der Waals surface area contributed by atoms with E-state index in [1.807, 2.05) is 87.2 Å². The number of rotatable bonds is 4. The van der Waals surface area contributed by atoms with Crippen molar-refractivity contribution in [3.63, 3.8) is 0 Å². The van der Waals surface area contributed by atoms with Crippen molar-refractivity contribution in [1.82, 2.24) is 49.1 Å². The van der Waals surface area contributed by atoms with Gasteiger partial charge in [0, 0.05) is 49.6 Å². The molecule has 174 valence electrons. The van der Waals surface area contributed by atoms with Crippen molar-refractivity contribution in [2.24, 2.45) is 0 Å². The molecule has 0 atom stereocenters. The molecule has 35 heavy (non-hydrogen) atoms. The van der Waals surface area contributed by atoms with Crippen molar-refractivity contribution in [1.29, 1.82) is 0 Å². The molecule has 10 nitrogen and oxygen atoms in total.